The van der Waals surface area contributed by atoms with Crippen LogP contribution in [0.5, 0.6) is 0 Å². The Balaban J connectivity index is 2.29. The summed E-state index contributed by atoms with van der Waals surface area (Å²) >= 11 is 1.43. The SMILES string of the molecule is CCc1ccc(NC(=O)c2cc(SC)ccc2[N+](=O)[O-])cc1. The highest BCUT2D eigenvalue weighted by atomic mass is 32.2. The number of benzene rings is 2. The van der Waals surface area contributed by atoms with Gasteiger partial charge in [0, 0.05) is 16.6 Å². The van der Waals surface area contributed by atoms with E-state index in [1.54, 1.807) is 24.3 Å². The molecule has 0 aliphatic heterocycles. The zero-order valence-electron chi connectivity index (χ0n) is 12.3. The average molecular weight is 316 g/mol. The van der Waals surface area contributed by atoms with E-state index in [-0.39, 0.29) is 11.3 Å². The summed E-state index contributed by atoms with van der Waals surface area (Å²) in [5.74, 6) is -0.480. The van der Waals surface area contributed by atoms with Crippen LogP contribution in [0.1, 0.15) is 22.8 Å². The van der Waals surface area contributed by atoms with Gasteiger partial charge in [-0.05, 0) is 42.5 Å². The summed E-state index contributed by atoms with van der Waals surface area (Å²) in [4.78, 5) is 23.7. The lowest BCUT2D eigenvalue weighted by Gasteiger charge is -2.08. The van der Waals surface area contributed by atoms with Crippen molar-refractivity contribution in [3.8, 4) is 0 Å². The molecule has 0 unspecified atom stereocenters. The van der Waals surface area contributed by atoms with Crippen LogP contribution in [0.15, 0.2) is 47.4 Å². The highest BCUT2D eigenvalue weighted by Gasteiger charge is 2.20. The first-order chi connectivity index (χ1) is 10.5. The minimum absolute atomic E-state index is 0.0661. The molecule has 0 aliphatic carbocycles. The Hall–Kier alpha value is -2.34. The molecule has 114 valence electrons. The average Bonchev–Trinajstić information content (AvgIpc) is 2.54. The van der Waals surface area contributed by atoms with Gasteiger partial charge in [-0.2, -0.15) is 0 Å². The molecule has 0 bridgehead atoms. The van der Waals surface area contributed by atoms with Crippen LogP contribution in [-0.2, 0) is 6.42 Å². The maximum atomic E-state index is 12.3. The number of carbonyl (C=O) groups is 1. The highest BCUT2D eigenvalue weighted by molar-refractivity contribution is 7.98. The second-order valence-corrected chi connectivity index (χ2v) is 5.52. The zero-order chi connectivity index (χ0) is 16.1. The summed E-state index contributed by atoms with van der Waals surface area (Å²) in [5.41, 5.74) is 1.65. The monoisotopic (exact) mass is 316 g/mol. The minimum Gasteiger partial charge on any atom is -0.322 e. The molecule has 6 heteroatoms. The molecule has 2 aromatic rings. The van der Waals surface area contributed by atoms with Gasteiger partial charge in [0.25, 0.3) is 11.6 Å². The predicted molar refractivity (Wildman–Crippen MR) is 88.7 cm³/mol. The Morgan fingerprint density at radius 1 is 1.23 bits per heavy atom. The van der Waals surface area contributed by atoms with Crippen LogP contribution in [0.2, 0.25) is 0 Å². The standard InChI is InChI=1S/C16H16N2O3S/c1-3-11-4-6-12(7-5-11)17-16(19)14-10-13(22-2)8-9-15(14)18(20)21/h4-10H,3H2,1-2H3,(H,17,19). The molecular formula is C16H16N2O3S. The minimum atomic E-state index is -0.542. The lowest BCUT2D eigenvalue weighted by Crippen LogP contribution is -2.14. The molecule has 0 saturated carbocycles. The van der Waals surface area contributed by atoms with Crippen LogP contribution in [0.3, 0.4) is 0 Å². The number of aryl methyl sites for hydroxylation is 1. The van der Waals surface area contributed by atoms with Crippen molar-refractivity contribution >= 4 is 29.0 Å². The summed E-state index contributed by atoms with van der Waals surface area (Å²) in [5, 5.41) is 13.8. The van der Waals surface area contributed by atoms with Crippen molar-refractivity contribution in [3.05, 3.63) is 63.7 Å². The number of hydrogen-bond acceptors (Lipinski definition) is 4. The van der Waals surface area contributed by atoms with Crippen LogP contribution in [0.25, 0.3) is 0 Å². The van der Waals surface area contributed by atoms with Gasteiger partial charge in [-0.15, -0.1) is 11.8 Å². The van der Waals surface area contributed by atoms with Crippen molar-refractivity contribution in [2.45, 2.75) is 18.2 Å². The van der Waals surface area contributed by atoms with Gasteiger partial charge in [0.05, 0.1) is 4.92 Å². The molecule has 1 amide bonds. The summed E-state index contributed by atoms with van der Waals surface area (Å²) in [7, 11) is 0. The van der Waals surface area contributed by atoms with Crippen molar-refractivity contribution in [1.29, 1.82) is 0 Å². The van der Waals surface area contributed by atoms with E-state index in [1.807, 2.05) is 25.3 Å². The van der Waals surface area contributed by atoms with Gasteiger partial charge in [0.1, 0.15) is 5.56 Å². The summed E-state index contributed by atoms with van der Waals surface area (Å²) in [6, 6.07) is 12.0. The lowest BCUT2D eigenvalue weighted by molar-refractivity contribution is -0.385. The molecule has 0 spiro atoms. The van der Waals surface area contributed by atoms with E-state index in [0.29, 0.717) is 5.69 Å². The molecule has 0 saturated heterocycles. The van der Waals surface area contributed by atoms with Gasteiger partial charge in [-0.3, -0.25) is 14.9 Å². The quantitative estimate of drug-likeness (QED) is 0.511. The van der Waals surface area contributed by atoms with Gasteiger partial charge < -0.3 is 5.32 Å². The van der Waals surface area contributed by atoms with Gasteiger partial charge in [0.15, 0.2) is 0 Å². The maximum absolute atomic E-state index is 12.3. The molecular weight excluding hydrogens is 300 g/mol. The number of nitrogens with zero attached hydrogens (tertiary/aromatic N) is 1. The Labute approximate surface area is 132 Å². The molecule has 0 aromatic heterocycles. The molecule has 0 aliphatic rings. The third-order valence-electron chi connectivity index (χ3n) is 3.27. The van der Waals surface area contributed by atoms with Crippen LogP contribution in [0, 0.1) is 10.1 Å². The summed E-state index contributed by atoms with van der Waals surface area (Å²) in [6.45, 7) is 2.05. The van der Waals surface area contributed by atoms with E-state index in [2.05, 4.69) is 5.32 Å². The first-order valence-corrected chi connectivity index (χ1v) is 8.00. The molecule has 22 heavy (non-hydrogen) atoms. The Morgan fingerprint density at radius 2 is 1.91 bits per heavy atom. The third-order valence-corrected chi connectivity index (χ3v) is 3.99. The summed E-state index contributed by atoms with van der Waals surface area (Å²) < 4.78 is 0. The van der Waals surface area contributed by atoms with E-state index in [0.717, 1.165) is 16.9 Å². The molecule has 0 radical (unpaired) electrons. The second kappa shape index (κ2) is 7.09. The van der Waals surface area contributed by atoms with Crippen LogP contribution < -0.4 is 5.32 Å². The maximum Gasteiger partial charge on any atom is 0.282 e. The molecule has 2 rings (SSSR count). The van der Waals surface area contributed by atoms with Crippen LogP contribution in [-0.4, -0.2) is 17.1 Å². The molecule has 0 atom stereocenters. The predicted octanol–water partition coefficient (Wildman–Crippen LogP) is 4.13. The fourth-order valence-electron chi connectivity index (χ4n) is 2.01. The van der Waals surface area contributed by atoms with Gasteiger partial charge >= 0.3 is 0 Å². The van der Waals surface area contributed by atoms with Crippen LogP contribution >= 0.6 is 11.8 Å². The Morgan fingerprint density at radius 3 is 2.45 bits per heavy atom. The number of nitro groups is 1. The van der Waals surface area contributed by atoms with Crippen molar-refractivity contribution < 1.29 is 9.72 Å². The summed E-state index contributed by atoms with van der Waals surface area (Å²) in [6.07, 6.45) is 2.77. The van der Waals surface area contributed by atoms with Crippen LogP contribution in [0.4, 0.5) is 11.4 Å². The number of amides is 1. The molecule has 2 aromatic carbocycles. The fourth-order valence-corrected chi connectivity index (χ4v) is 2.45. The Bertz CT molecular complexity index is 699. The smallest absolute Gasteiger partial charge is 0.282 e. The molecule has 0 fully saturated rings. The molecule has 0 heterocycles. The molecule has 1 N–H and O–H groups in total. The third kappa shape index (κ3) is 3.65. The second-order valence-electron chi connectivity index (χ2n) is 4.64. The van der Waals surface area contributed by atoms with Gasteiger partial charge in [-0.25, -0.2) is 0 Å². The number of carbonyl (C=O) groups excluding carboxylic acids is 1. The number of thioether (sulfide) groups is 1. The zero-order valence-corrected chi connectivity index (χ0v) is 13.1. The van der Waals surface area contributed by atoms with Crippen molar-refractivity contribution in [2.75, 3.05) is 11.6 Å². The fraction of sp³-hybridized carbons (Fsp3) is 0.188. The number of hydrogen-bond donors (Lipinski definition) is 1. The van der Waals surface area contributed by atoms with E-state index in [9.17, 15) is 14.9 Å². The number of nitrogens with one attached hydrogen (secondary N) is 1. The molecule has 5 nitrogen and oxygen atoms in total. The van der Waals surface area contributed by atoms with Crippen molar-refractivity contribution in [1.82, 2.24) is 0 Å². The van der Waals surface area contributed by atoms with E-state index in [1.165, 1.54) is 17.8 Å². The van der Waals surface area contributed by atoms with Gasteiger partial charge in [-0.1, -0.05) is 19.1 Å². The highest BCUT2D eigenvalue weighted by Crippen LogP contribution is 2.25. The largest absolute Gasteiger partial charge is 0.322 e. The van der Waals surface area contributed by atoms with E-state index >= 15 is 0 Å². The van der Waals surface area contributed by atoms with E-state index in [4.69, 9.17) is 0 Å². The number of rotatable bonds is 5. The van der Waals surface area contributed by atoms with Crippen molar-refractivity contribution in [2.24, 2.45) is 0 Å². The lowest BCUT2D eigenvalue weighted by atomic mass is 10.1. The first-order valence-electron chi connectivity index (χ1n) is 6.78. The van der Waals surface area contributed by atoms with E-state index < -0.39 is 10.8 Å². The Kier molecular flexibility index (Phi) is 5.16. The number of nitro benzene ring substituents is 1. The normalized spacial score (nSPS) is 10.3. The first kappa shape index (κ1) is 16.0. The topological polar surface area (TPSA) is 72.2 Å². The van der Waals surface area contributed by atoms with Crippen molar-refractivity contribution in [3.63, 3.8) is 0 Å². The number of anilines is 1. The van der Waals surface area contributed by atoms with Gasteiger partial charge in [0.2, 0.25) is 0 Å².